The Hall–Kier alpha value is -2.14. The second-order valence-corrected chi connectivity index (χ2v) is 7.59. The molecule has 0 aromatic heterocycles. The number of rotatable bonds is 13. The van der Waals surface area contributed by atoms with Crippen molar-refractivity contribution >= 4 is 11.8 Å². The number of benzene rings is 1. The highest BCUT2D eigenvalue weighted by atomic mass is 16.5. The lowest BCUT2D eigenvalue weighted by Gasteiger charge is -2.22. The van der Waals surface area contributed by atoms with E-state index in [0.717, 1.165) is 37.0 Å². The largest absolute Gasteiger partial charge is 0.488 e. The molecule has 0 aliphatic heterocycles. The number of allylic oxidation sites excluding steroid dienone is 2. The van der Waals surface area contributed by atoms with E-state index in [1.165, 1.54) is 0 Å². The summed E-state index contributed by atoms with van der Waals surface area (Å²) in [7, 11) is 0. The first-order valence-corrected chi connectivity index (χ1v) is 10.3. The van der Waals surface area contributed by atoms with Crippen LogP contribution in [0.3, 0.4) is 0 Å². The molecule has 2 N–H and O–H groups in total. The fourth-order valence-electron chi connectivity index (χ4n) is 3.67. The molecule has 0 saturated heterocycles. The number of carboxylic acid groups (broad SMARTS) is 1. The Labute approximate surface area is 167 Å². The summed E-state index contributed by atoms with van der Waals surface area (Å²) in [6.45, 7) is 1.86. The summed E-state index contributed by atoms with van der Waals surface area (Å²) in [6, 6.07) is 9.46. The maximum Gasteiger partial charge on any atom is 0.303 e. The molecule has 1 aromatic carbocycles. The number of aliphatic hydroxyl groups excluding tert-OH is 1. The molecule has 0 bridgehead atoms. The molecule has 28 heavy (non-hydrogen) atoms. The molecule has 0 heterocycles. The van der Waals surface area contributed by atoms with E-state index in [0.29, 0.717) is 25.7 Å². The van der Waals surface area contributed by atoms with E-state index in [2.05, 4.69) is 0 Å². The molecule has 5 nitrogen and oxygen atoms in total. The van der Waals surface area contributed by atoms with Crippen LogP contribution in [0, 0.1) is 5.92 Å². The Morgan fingerprint density at radius 2 is 1.89 bits per heavy atom. The average molecular weight is 389 g/mol. The minimum Gasteiger partial charge on any atom is -0.488 e. The van der Waals surface area contributed by atoms with Crippen molar-refractivity contribution in [3.05, 3.63) is 42.0 Å². The molecule has 5 heteroatoms. The van der Waals surface area contributed by atoms with Gasteiger partial charge in [-0.05, 0) is 44.7 Å². The van der Waals surface area contributed by atoms with Crippen LogP contribution in [0.25, 0.3) is 0 Å². The Balaban J connectivity index is 1.71. The van der Waals surface area contributed by atoms with Crippen molar-refractivity contribution in [3.63, 3.8) is 0 Å². The van der Waals surface area contributed by atoms with E-state index in [-0.39, 0.29) is 24.2 Å². The molecule has 0 radical (unpaired) electrons. The number of aliphatic hydroxyl groups is 1. The van der Waals surface area contributed by atoms with Crippen LogP contribution in [0.5, 0.6) is 5.75 Å². The third kappa shape index (κ3) is 7.47. The third-order valence-corrected chi connectivity index (χ3v) is 5.37. The van der Waals surface area contributed by atoms with Crippen LogP contribution in [0.2, 0.25) is 0 Å². The Morgan fingerprint density at radius 1 is 1.18 bits per heavy atom. The number of carbonyl (C=O) groups is 2. The summed E-state index contributed by atoms with van der Waals surface area (Å²) in [6.07, 6.45) is 7.40. The van der Waals surface area contributed by atoms with Crippen LogP contribution >= 0.6 is 0 Å². The highest BCUT2D eigenvalue weighted by Crippen LogP contribution is 2.31. The number of unbranched alkanes of at least 4 members (excludes halogenated alkanes) is 3. The van der Waals surface area contributed by atoms with Crippen molar-refractivity contribution in [2.75, 3.05) is 0 Å². The van der Waals surface area contributed by atoms with Crippen LogP contribution in [0.1, 0.15) is 64.7 Å². The standard InChI is InChI=1S/C23H32O5/c1-17(28-19-9-5-4-6-10-19)21(24)15-13-18-14-16-22(25)20(18)11-7-2-3-8-12-23(26)27/h4-6,9-10,14,17,20-21,24H,2-3,7-8,11-13,15-16H2,1H3,(H,26,27)/t17?,20-,21?/m1/s1. The van der Waals surface area contributed by atoms with Crippen molar-refractivity contribution < 1.29 is 24.5 Å². The number of ether oxygens (including phenoxy) is 1. The van der Waals surface area contributed by atoms with Gasteiger partial charge in [-0.25, -0.2) is 0 Å². The van der Waals surface area contributed by atoms with Crippen LogP contribution in [-0.2, 0) is 9.59 Å². The zero-order valence-electron chi connectivity index (χ0n) is 16.7. The van der Waals surface area contributed by atoms with Crippen LogP contribution in [0.4, 0.5) is 0 Å². The molecule has 3 atom stereocenters. The summed E-state index contributed by atoms with van der Waals surface area (Å²) < 4.78 is 5.78. The Bertz CT molecular complexity index is 652. The summed E-state index contributed by atoms with van der Waals surface area (Å²) in [4.78, 5) is 22.7. The monoisotopic (exact) mass is 388 g/mol. The van der Waals surface area contributed by atoms with E-state index < -0.39 is 12.1 Å². The van der Waals surface area contributed by atoms with Gasteiger partial charge < -0.3 is 14.9 Å². The molecule has 0 spiro atoms. The molecule has 0 amide bonds. The average Bonchev–Trinajstić information content (AvgIpc) is 3.02. The van der Waals surface area contributed by atoms with Crippen molar-refractivity contribution in [3.8, 4) is 5.75 Å². The number of carbonyl (C=O) groups excluding carboxylic acids is 1. The fourth-order valence-corrected chi connectivity index (χ4v) is 3.67. The number of Topliss-reactive ketones (excluding diaryl/α,β-unsaturated/α-hetero) is 1. The summed E-state index contributed by atoms with van der Waals surface area (Å²) >= 11 is 0. The lowest BCUT2D eigenvalue weighted by molar-refractivity contribution is -0.137. The molecule has 1 aliphatic carbocycles. The predicted octanol–water partition coefficient (Wildman–Crippen LogP) is 4.54. The lowest BCUT2D eigenvalue weighted by Crippen LogP contribution is -2.29. The van der Waals surface area contributed by atoms with Crippen molar-refractivity contribution in [1.82, 2.24) is 0 Å². The second-order valence-electron chi connectivity index (χ2n) is 7.59. The van der Waals surface area contributed by atoms with Gasteiger partial charge in [0.25, 0.3) is 0 Å². The zero-order chi connectivity index (χ0) is 20.4. The molecule has 0 fully saturated rings. The second kappa shape index (κ2) is 11.6. The van der Waals surface area contributed by atoms with E-state index in [1.807, 2.05) is 43.3 Å². The van der Waals surface area contributed by atoms with E-state index in [1.54, 1.807) is 0 Å². The minimum absolute atomic E-state index is 0.0305. The molecular weight excluding hydrogens is 356 g/mol. The van der Waals surface area contributed by atoms with Crippen LogP contribution in [0.15, 0.2) is 42.0 Å². The van der Waals surface area contributed by atoms with Gasteiger partial charge in [0.05, 0.1) is 6.10 Å². The molecule has 2 rings (SSSR count). The zero-order valence-corrected chi connectivity index (χ0v) is 16.7. The van der Waals surface area contributed by atoms with Gasteiger partial charge >= 0.3 is 5.97 Å². The first-order valence-electron chi connectivity index (χ1n) is 10.3. The van der Waals surface area contributed by atoms with E-state index in [9.17, 15) is 14.7 Å². The van der Waals surface area contributed by atoms with Crippen LogP contribution < -0.4 is 4.74 Å². The van der Waals surface area contributed by atoms with Crippen LogP contribution in [-0.4, -0.2) is 34.2 Å². The number of carboxylic acids is 1. The summed E-state index contributed by atoms with van der Waals surface area (Å²) in [5.74, 6) is 0.228. The van der Waals surface area contributed by atoms with Crippen molar-refractivity contribution in [2.45, 2.75) is 76.9 Å². The van der Waals surface area contributed by atoms with Gasteiger partial charge in [-0.1, -0.05) is 49.1 Å². The fraction of sp³-hybridized carbons (Fsp3) is 0.565. The molecule has 1 aromatic rings. The van der Waals surface area contributed by atoms with Gasteiger partial charge in [-0.3, -0.25) is 9.59 Å². The molecule has 0 saturated carbocycles. The maximum absolute atomic E-state index is 12.2. The van der Waals surface area contributed by atoms with Gasteiger partial charge in [0.15, 0.2) is 0 Å². The highest BCUT2D eigenvalue weighted by Gasteiger charge is 2.27. The van der Waals surface area contributed by atoms with Gasteiger partial charge in [-0.2, -0.15) is 0 Å². The maximum atomic E-state index is 12.2. The molecule has 154 valence electrons. The highest BCUT2D eigenvalue weighted by molar-refractivity contribution is 5.88. The number of para-hydroxylation sites is 1. The minimum atomic E-state index is -0.750. The smallest absolute Gasteiger partial charge is 0.303 e. The third-order valence-electron chi connectivity index (χ3n) is 5.37. The lowest BCUT2D eigenvalue weighted by atomic mass is 9.90. The predicted molar refractivity (Wildman–Crippen MR) is 108 cm³/mol. The quantitative estimate of drug-likeness (QED) is 0.383. The number of hydrogen-bond acceptors (Lipinski definition) is 4. The van der Waals surface area contributed by atoms with Crippen molar-refractivity contribution in [1.29, 1.82) is 0 Å². The molecular formula is C23H32O5. The molecule has 2 unspecified atom stereocenters. The molecule has 1 aliphatic rings. The first-order chi connectivity index (χ1) is 13.5. The normalized spacial score (nSPS) is 18.6. The number of aliphatic carboxylic acids is 1. The summed E-state index contributed by atoms with van der Waals surface area (Å²) in [5.41, 5.74) is 1.14. The van der Waals surface area contributed by atoms with E-state index >= 15 is 0 Å². The number of ketones is 1. The number of hydrogen-bond donors (Lipinski definition) is 2. The Kier molecular flexibility index (Phi) is 9.21. The summed E-state index contributed by atoms with van der Waals surface area (Å²) in [5, 5.41) is 19.1. The SMILES string of the molecule is CC(Oc1ccccc1)C(O)CCC1=CCC(=O)[C@@H]1CCCCCCC(=O)O. The van der Waals surface area contributed by atoms with Gasteiger partial charge in [0.1, 0.15) is 17.6 Å². The van der Waals surface area contributed by atoms with Gasteiger partial charge in [-0.15, -0.1) is 0 Å². The van der Waals surface area contributed by atoms with E-state index in [4.69, 9.17) is 9.84 Å². The first kappa shape index (κ1) is 22.2. The van der Waals surface area contributed by atoms with Gasteiger partial charge in [0.2, 0.25) is 0 Å². The Morgan fingerprint density at radius 3 is 2.61 bits per heavy atom. The van der Waals surface area contributed by atoms with Crippen molar-refractivity contribution in [2.24, 2.45) is 5.92 Å². The van der Waals surface area contributed by atoms with Gasteiger partial charge in [0, 0.05) is 18.8 Å². The topological polar surface area (TPSA) is 83.8 Å².